The quantitative estimate of drug-likeness (QED) is 0.646. The maximum Gasteiger partial charge on any atom is 0.0551 e. The zero-order chi connectivity index (χ0) is 9.24. The Hall–Kier alpha value is -0.120. The molecule has 0 spiro atoms. The lowest BCUT2D eigenvalue weighted by Crippen LogP contribution is -2.58. The Labute approximate surface area is 73.9 Å². The normalized spacial score (nSPS) is 26.0. The summed E-state index contributed by atoms with van der Waals surface area (Å²) in [4.78, 5) is 0. The Morgan fingerprint density at radius 1 is 1.58 bits per heavy atom. The van der Waals surface area contributed by atoms with Crippen molar-refractivity contribution in [1.82, 2.24) is 0 Å². The Morgan fingerprint density at radius 2 is 2.17 bits per heavy atom. The number of rotatable bonds is 4. The molecule has 1 rings (SSSR count). The van der Waals surface area contributed by atoms with Gasteiger partial charge in [0.05, 0.1) is 19.8 Å². The van der Waals surface area contributed by atoms with Crippen LogP contribution >= 0.6 is 0 Å². The van der Waals surface area contributed by atoms with Gasteiger partial charge in [-0.1, -0.05) is 13.8 Å². The summed E-state index contributed by atoms with van der Waals surface area (Å²) >= 11 is 0. The summed E-state index contributed by atoms with van der Waals surface area (Å²) in [5.74, 6) is 0. The molecule has 1 aliphatic heterocycles. The standard InChI is InChI=1S/C9H19NO2/c1-3-9(6-12-7-9)8(2,4-10)5-11/h11H,3-7,10H2,1-2H3. The molecule has 0 aromatic heterocycles. The van der Waals surface area contributed by atoms with E-state index >= 15 is 0 Å². The predicted octanol–water partition coefficient (Wildman–Crippen LogP) is 0.370. The fourth-order valence-electron chi connectivity index (χ4n) is 1.78. The van der Waals surface area contributed by atoms with Crippen molar-refractivity contribution in [3.8, 4) is 0 Å². The molecule has 72 valence electrons. The fourth-order valence-corrected chi connectivity index (χ4v) is 1.78. The van der Waals surface area contributed by atoms with E-state index in [1.165, 1.54) is 0 Å². The first kappa shape index (κ1) is 9.96. The van der Waals surface area contributed by atoms with Gasteiger partial charge in [0.2, 0.25) is 0 Å². The van der Waals surface area contributed by atoms with E-state index in [1.807, 2.05) is 6.92 Å². The molecule has 3 N–H and O–H groups in total. The van der Waals surface area contributed by atoms with E-state index in [9.17, 15) is 5.11 Å². The van der Waals surface area contributed by atoms with Crippen LogP contribution in [0, 0.1) is 10.8 Å². The topological polar surface area (TPSA) is 55.5 Å². The van der Waals surface area contributed by atoms with Gasteiger partial charge in [-0.15, -0.1) is 0 Å². The Morgan fingerprint density at radius 3 is 2.25 bits per heavy atom. The average molecular weight is 173 g/mol. The molecule has 0 saturated carbocycles. The van der Waals surface area contributed by atoms with Gasteiger partial charge in [0, 0.05) is 17.4 Å². The lowest BCUT2D eigenvalue weighted by Gasteiger charge is -2.52. The summed E-state index contributed by atoms with van der Waals surface area (Å²) in [6, 6.07) is 0. The van der Waals surface area contributed by atoms with E-state index in [1.54, 1.807) is 0 Å². The zero-order valence-corrected chi connectivity index (χ0v) is 7.97. The first-order valence-electron chi connectivity index (χ1n) is 4.53. The molecule has 3 nitrogen and oxygen atoms in total. The Bertz CT molecular complexity index is 134. The van der Waals surface area contributed by atoms with Crippen molar-refractivity contribution >= 4 is 0 Å². The molecule has 12 heavy (non-hydrogen) atoms. The zero-order valence-electron chi connectivity index (χ0n) is 7.97. The molecular formula is C9H19NO2. The SMILES string of the molecule is CCC1(C(C)(CN)CO)COC1. The number of ether oxygens (including phenoxy) is 1. The second kappa shape index (κ2) is 3.32. The van der Waals surface area contributed by atoms with Gasteiger partial charge in [0.25, 0.3) is 0 Å². The van der Waals surface area contributed by atoms with Crippen molar-refractivity contribution < 1.29 is 9.84 Å². The highest BCUT2D eigenvalue weighted by Crippen LogP contribution is 2.46. The van der Waals surface area contributed by atoms with Gasteiger partial charge in [-0.2, -0.15) is 0 Å². The molecule has 3 heteroatoms. The first-order chi connectivity index (χ1) is 5.64. The lowest BCUT2D eigenvalue weighted by molar-refractivity contribution is -0.190. The molecule has 1 atom stereocenters. The number of hydrogen-bond acceptors (Lipinski definition) is 3. The molecule has 1 fully saturated rings. The van der Waals surface area contributed by atoms with Gasteiger partial charge >= 0.3 is 0 Å². The van der Waals surface area contributed by atoms with Crippen LogP contribution in [0.2, 0.25) is 0 Å². The van der Waals surface area contributed by atoms with Crippen LogP contribution in [-0.2, 0) is 4.74 Å². The second-order valence-electron chi connectivity index (χ2n) is 4.05. The highest BCUT2D eigenvalue weighted by atomic mass is 16.5. The highest BCUT2D eigenvalue weighted by Gasteiger charge is 2.51. The predicted molar refractivity (Wildman–Crippen MR) is 47.8 cm³/mol. The van der Waals surface area contributed by atoms with E-state index in [2.05, 4.69) is 6.92 Å². The largest absolute Gasteiger partial charge is 0.396 e. The minimum absolute atomic E-state index is 0.122. The van der Waals surface area contributed by atoms with Crippen LogP contribution in [-0.4, -0.2) is 31.5 Å². The van der Waals surface area contributed by atoms with E-state index in [-0.39, 0.29) is 17.4 Å². The second-order valence-corrected chi connectivity index (χ2v) is 4.05. The molecule has 0 aliphatic carbocycles. The van der Waals surface area contributed by atoms with Crippen LogP contribution in [0.5, 0.6) is 0 Å². The van der Waals surface area contributed by atoms with E-state index < -0.39 is 0 Å². The van der Waals surface area contributed by atoms with Crippen LogP contribution in [0.3, 0.4) is 0 Å². The van der Waals surface area contributed by atoms with E-state index in [4.69, 9.17) is 10.5 Å². The van der Waals surface area contributed by atoms with Crippen molar-refractivity contribution in [2.24, 2.45) is 16.6 Å². The van der Waals surface area contributed by atoms with Gasteiger partial charge in [-0.25, -0.2) is 0 Å². The maximum atomic E-state index is 9.28. The Kier molecular flexibility index (Phi) is 2.76. The van der Waals surface area contributed by atoms with Crippen LogP contribution in [0.4, 0.5) is 0 Å². The van der Waals surface area contributed by atoms with Crippen LogP contribution in [0.25, 0.3) is 0 Å². The van der Waals surface area contributed by atoms with Crippen LogP contribution in [0.1, 0.15) is 20.3 Å². The Balaban J connectivity index is 2.74. The van der Waals surface area contributed by atoms with Crippen LogP contribution < -0.4 is 5.73 Å². The number of hydrogen-bond donors (Lipinski definition) is 2. The van der Waals surface area contributed by atoms with Crippen molar-refractivity contribution in [3.05, 3.63) is 0 Å². The lowest BCUT2D eigenvalue weighted by atomic mass is 9.62. The minimum Gasteiger partial charge on any atom is -0.396 e. The van der Waals surface area contributed by atoms with Gasteiger partial charge < -0.3 is 15.6 Å². The summed E-state index contributed by atoms with van der Waals surface area (Å²) < 4.78 is 5.21. The van der Waals surface area contributed by atoms with Gasteiger partial charge in [0.1, 0.15) is 0 Å². The molecule has 1 saturated heterocycles. The summed E-state index contributed by atoms with van der Waals surface area (Å²) in [5, 5.41) is 9.28. The highest BCUT2D eigenvalue weighted by molar-refractivity contribution is 4.99. The van der Waals surface area contributed by atoms with Crippen molar-refractivity contribution in [2.45, 2.75) is 20.3 Å². The molecule has 1 unspecified atom stereocenters. The molecule has 1 aliphatic rings. The average Bonchev–Trinajstić information content (AvgIpc) is 2.03. The molecular weight excluding hydrogens is 154 g/mol. The van der Waals surface area contributed by atoms with E-state index in [0.29, 0.717) is 6.54 Å². The fraction of sp³-hybridized carbons (Fsp3) is 1.00. The number of nitrogens with two attached hydrogens (primary N) is 1. The summed E-state index contributed by atoms with van der Waals surface area (Å²) in [6.45, 7) is 6.35. The van der Waals surface area contributed by atoms with Crippen molar-refractivity contribution in [1.29, 1.82) is 0 Å². The summed E-state index contributed by atoms with van der Waals surface area (Å²) in [7, 11) is 0. The smallest absolute Gasteiger partial charge is 0.0551 e. The summed E-state index contributed by atoms with van der Waals surface area (Å²) in [6.07, 6.45) is 1.03. The molecule has 0 bridgehead atoms. The number of aliphatic hydroxyl groups excluding tert-OH is 1. The monoisotopic (exact) mass is 173 g/mol. The maximum absolute atomic E-state index is 9.28. The van der Waals surface area contributed by atoms with E-state index in [0.717, 1.165) is 19.6 Å². The molecule has 0 amide bonds. The van der Waals surface area contributed by atoms with Crippen LogP contribution in [0.15, 0.2) is 0 Å². The molecule has 1 heterocycles. The summed E-state index contributed by atoms with van der Waals surface area (Å²) in [5.41, 5.74) is 5.63. The van der Waals surface area contributed by atoms with Crippen molar-refractivity contribution in [3.63, 3.8) is 0 Å². The first-order valence-corrected chi connectivity index (χ1v) is 4.53. The molecule has 0 aromatic carbocycles. The number of aliphatic hydroxyl groups is 1. The molecule has 0 radical (unpaired) electrons. The third-order valence-electron chi connectivity index (χ3n) is 3.51. The third kappa shape index (κ3) is 1.16. The van der Waals surface area contributed by atoms with Gasteiger partial charge in [-0.05, 0) is 6.42 Å². The third-order valence-corrected chi connectivity index (χ3v) is 3.51. The van der Waals surface area contributed by atoms with Gasteiger partial charge in [0.15, 0.2) is 0 Å². The minimum atomic E-state index is -0.167. The van der Waals surface area contributed by atoms with Crippen molar-refractivity contribution in [2.75, 3.05) is 26.4 Å². The molecule has 0 aromatic rings. The van der Waals surface area contributed by atoms with Gasteiger partial charge in [-0.3, -0.25) is 0 Å².